The van der Waals surface area contributed by atoms with Gasteiger partial charge in [0.15, 0.2) is 11.9 Å². The van der Waals surface area contributed by atoms with Crippen LogP contribution in [-0.2, 0) is 4.74 Å². The van der Waals surface area contributed by atoms with E-state index in [1.165, 1.54) is 7.11 Å². The van der Waals surface area contributed by atoms with Crippen molar-refractivity contribution in [2.24, 2.45) is 0 Å². The normalized spacial score (nSPS) is 10.2. The molecule has 0 spiro atoms. The van der Waals surface area contributed by atoms with Crippen molar-refractivity contribution < 1.29 is 14.3 Å². The SMILES string of the molecule is COC(=O)c1cccn2ccnc12.O=Cc1cccn2ccnc12. The minimum atomic E-state index is -0.364. The minimum absolute atomic E-state index is 0.364. The van der Waals surface area contributed by atoms with Gasteiger partial charge in [-0.05, 0) is 24.3 Å². The lowest BCUT2D eigenvalue weighted by molar-refractivity contribution is 0.0602. The fourth-order valence-electron chi connectivity index (χ4n) is 2.28. The number of aromatic nitrogens is 4. The number of ether oxygens (including phenoxy) is 1. The van der Waals surface area contributed by atoms with E-state index in [9.17, 15) is 9.59 Å². The molecule has 120 valence electrons. The standard InChI is InChI=1S/C9H8N2O2.C8H6N2O/c1-13-9(12)7-3-2-5-11-6-4-10-8(7)11;11-6-7-2-1-4-10-5-3-9-8(7)10/h2-6H,1H3;1-6H. The monoisotopic (exact) mass is 322 g/mol. The van der Waals surface area contributed by atoms with Gasteiger partial charge in [-0.25, -0.2) is 14.8 Å². The molecular formula is C17H14N4O3. The summed E-state index contributed by atoms with van der Waals surface area (Å²) in [5.74, 6) is -0.364. The van der Waals surface area contributed by atoms with Crippen molar-refractivity contribution in [2.45, 2.75) is 0 Å². The lowest BCUT2D eigenvalue weighted by Gasteiger charge is -2.00. The average molecular weight is 322 g/mol. The summed E-state index contributed by atoms with van der Waals surface area (Å²) in [6, 6.07) is 7.03. The zero-order chi connectivity index (χ0) is 16.9. The van der Waals surface area contributed by atoms with Crippen molar-refractivity contribution in [3.63, 3.8) is 0 Å². The Kier molecular flexibility index (Phi) is 4.33. The van der Waals surface area contributed by atoms with Crippen molar-refractivity contribution in [1.29, 1.82) is 0 Å². The zero-order valence-corrected chi connectivity index (χ0v) is 12.9. The second kappa shape index (κ2) is 6.74. The first kappa shape index (κ1) is 15.4. The third-order valence-corrected chi connectivity index (χ3v) is 3.40. The number of imidazole rings is 2. The average Bonchev–Trinajstić information content (AvgIpc) is 3.29. The van der Waals surface area contributed by atoms with Crippen LogP contribution in [-0.4, -0.2) is 38.1 Å². The van der Waals surface area contributed by atoms with Crippen LogP contribution in [0.1, 0.15) is 20.7 Å². The second-order valence-electron chi connectivity index (χ2n) is 4.81. The third-order valence-electron chi connectivity index (χ3n) is 3.40. The van der Waals surface area contributed by atoms with Gasteiger partial charge >= 0.3 is 5.97 Å². The molecule has 7 heteroatoms. The molecule has 0 fully saturated rings. The van der Waals surface area contributed by atoms with E-state index >= 15 is 0 Å². The number of carbonyl (C=O) groups excluding carboxylic acids is 2. The van der Waals surface area contributed by atoms with E-state index in [0.29, 0.717) is 22.4 Å². The van der Waals surface area contributed by atoms with E-state index in [4.69, 9.17) is 0 Å². The summed E-state index contributed by atoms with van der Waals surface area (Å²) in [6.45, 7) is 0. The van der Waals surface area contributed by atoms with Gasteiger partial charge in [0.05, 0.1) is 12.7 Å². The highest BCUT2D eigenvalue weighted by atomic mass is 16.5. The van der Waals surface area contributed by atoms with Crippen LogP contribution in [0.4, 0.5) is 0 Å². The Bertz CT molecular complexity index is 1000. The maximum absolute atomic E-state index is 11.2. The molecule has 24 heavy (non-hydrogen) atoms. The van der Waals surface area contributed by atoms with Crippen molar-refractivity contribution in [1.82, 2.24) is 18.8 Å². The molecule has 0 saturated heterocycles. The molecule has 4 heterocycles. The molecule has 4 aromatic rings. The van der Waals surface area contributed by atoms with Gasteiger partial charge in [0.1, 0.15) is 11.2 Å². The number of hydrogen-bond donors (Lipinski definition) is 0. The topological polar surface area (TPSA) is 78.0 Å². The van der Waals surface area contributed by atoms with Crippen LogP contribution >= 0.6 is 0 Å². The van der Waals surface area contributed by atoms with E-state index in [1.54, 1.807) is 41.2 Å². The van der Waals surface area contributed by atoms with Gasteiger partial charge in [-0.2, -0.15) is 0 Å². The maximum Gasteiger partial charge on any atom is 0.341 e. The molecule has 0 unspecified atom stereocenters. The molecule has 7 nitrogen and oxygen atoms in total. The first-order valence-corrected chi connectivity index (χ1v) is 7.11. The van der Waals surface area contributed by atoms with E-state index in [1.807, 2.05) is 29.1 Å². The predicted molar refractivity (Wildman–Crippen MR) is 87.1 cm³/mol. The Morgan fingerprint density at radius 3 is 2.29 bits per heavy atom. The molecule has 0 radical (unpaired) electrons. The number of hydrogen-bond acceptors (Lipinski definition) is 5. The molecule has 0 amide bonds. The zero-order valence-electron chi connectivity index (χ0n) is 12.9. The van der Waals surface area contributed by atoms with Gasteiger partial charge in [-0.15, -0.1) is 0 Å². The number of carbonyl (C=O) groups is 2. The first-order valence-electron chi connectivity index (χ1n) is 7.11. The molecule has 0 aromatic carbocycles. The highest BCUT2D eigenvalue weighted by Crippen LogP contribution is 2.09. The summed E-state index contributed by atoms with van der Waals surface area (Å²) < 4.78 is 8.20. The molecule has 0 N–H and O–H groups in total. The van der Waals surface area contributed by atoms with E-state index in [0.717, 1.165) is 6.29 Å². The number of aldehydes is 1. The number of esters is 1. The van der Waals surface area contributed by atoms with E-state index in [2.05, 4.69) is 14.7 Å². The van der Waals surface area contributed by atoms with Crippen molar-refractivity contribution >= 4 is 23.5 Å². The minimum Gasteiger partial charge on any atom is -0.465 e. The van der Waals surface area contributed by atoms with Gasteiger partial charge in [0.25, 0.3) is 0 Å². The fraction of sp³-hybridized carbons (Fsp3) is 0.0588. The van der Waals surface area contributed by atoms with Crippen LogP contribution < -0.4 is 0 Å². The summed E-state index contributed by atoms with van der Waals surface area (Å²) in [7, 11) is 1.36. The molecule has 0 aliphatic heterocycles. The van der Waals surface area contributed by atoms with Crippen molar-refractivity contribution in [2.75, 3.05) is 7.11 Å². The Labute approximate surface area is 137 Å². The molecule has 0 atom stereocenters. The van der Waals surface area contributed by atoms with Crippen LogP contribution in [0.5, 0.6) is 0 Å². The Hall–Kier alpha value is -3.48. The molecule has 0 bridgehead atoms. The highest BCUT2D eigenvalue weighted by molar-refractivity contribution is 5.95. The number of fused-ring (bicyclic) bond motifs is 2. The number of rotatable bonds is 2. The highest BCUT2D eigenvalue weighted by Gasteiger charge is 2.10. The van der Waals surface area contributed by atoms with Crippen LogP contribution in [0, 0.1) is 0 Å². The fourth-order valence-corrected chi connectivity index (χ4v) is 2.28. The summed E-state index contributed by atoms with van der Waals surface area (Å²) >= 11 is 0. The molecule has 0 aliphatic rings. The number of nitrogens with zero attached hydrogens (tertiary/aromatic N) is 4. The van der Waals surface area contributed by atoms with Gasteiger partial charge in [-0.3, -0.25) is 4.79 Å². The smallest absolute Gasteiger partial charge is 0.341 e. The quantitative estimate of drug-likeness (QED) is 0.418. The van der Waals surface area contributed by atoms with E-state index in [-0.39, 0.29) is 5.97 Å². The summed E-state index contributed by atoms with van der Waals surface area (Å²) in [5.41, 5.74) is 2.43. The van der Waals surface area contributed by atoms with Crippen molar-refractivity contribution in [3.8, 4) is 0 Å². The Balaban J connectivity index is 0.000000143. The molecule has 0 aliphatic carbocycles. The summed E-state index contributed by atoms with van der Waals surface area (Å²) in [6.07, 6.45) is 11.4. The van der Waals surface area contributed by atoms with Crippen LogP contribution in [0.2, 0.25) is 0 Å². The lowest BCUT2D eigenvalue weighted by atomic mass is 10.3. The Morgan fingerprint density at radius 1 is 1.00 bits per heavy atom. The third kappa shape index (κ3) is 2.87. The molecule has 4 rings (SSSR count). The Morgan fingerprint density at radius 2 is 1.62 bits per heavy atom. The maximum atomic E-state index is 11.2. The number of methoxy groups -OCH3 is 1. The summed E-state index contributed by atoms with van der Waals surface area (Å²) in [5, 5.41) is 0. The van der Waals surface area contributed by atoms with Crippen LogP contribution in [0.15, 0.2) is 61.4 Å². The van der Waals surface area contributed by atoms with Gasteiger partial charge in [0, 0.05) is 37.2 Å². The lowest BCUT2D eigenvalue weighted by Crippen LogP contribution is -2.03. The largest absolute Gasteiger partial charge is 0.465 e. The van der Waals surface area contributed by atoms with Gasteiger partial charge in [-0.1, -0.05) is 0 Å². The van der Waals surface area contributed by atoms with Gasteiger partial charge in [0.2, 0.25) is 0 Å². The van der Waals surface area contributed by atoms with Crippen molar-refractivity contribution in [3.05, 3.63) is 72.6 Å². The van der Waals surface area contributed by atoms with Crippen LogP contribution in [0.25, 0.3) is 11.3 Å². The van der Waals surface area contributed by atoms with Crippen LogP contribution in [0.3, 0.4) is 0 Å². The molecule has 4 aromatic heterocycles. The molecule has 0 saturated carbocycles. The first-order chi connectivity index (χ1) is 11.7. The molecular weight excluding hydrogens is 308 g/mol. The predicted octanol–water partition coefficient (Wildman–Crippen LogP) is 2.27. The summed E-state index contributed by atoms with van der Waals surface area (Å²) in [4.78, 5) is 29.8. The number of pyridine rings is 2. The van der Waals surface area contributed by atoms with E-state index < -0.39 is 0 Å². The second-order valence-corrected chi connectivity index (χ2v) is 4.81. The van der Waals surface area contributed by atoms with Gasteiger partial charge < -0.3 is 13.5 Å².